The van der Waals surface area contributed by atoms with E-state index in [0.717, 1.165) is 47.3 Å². The minimum absolute atomic E-state index is 0.646. The molecule has 0 nitrogen and oxygen atoms in total. The number of hydrogen-bond acceptors (Lipinski definition) is 0. The molecule has 7 saturated carbocycles. The van der Waals surface area contributed by atoms with Crippen molar-refractivity contribution in [2.45, 2.75) is 68.2 Å². The molecule has 14 unspecified atom stereocenters. The van der Waals surface area contributed by atoms with E-state index in [1.54, 1.807) is 6.42 Å². The van der Waals surface area contributed by atoms with E-state index in [1.165, 1.54) is 6.42 Å². The van der Waals surface area contributed by atoms with Crippen molar-refractivity contribution in [3.05, 3.63) is 0 Å². The lowest BCUT2D eigenvalue weighted by molar-refractivity contribution is -0.615. The SMILES string of the molecule is CC1CC2(C)C1C1C3C4C5C6CC(C)C6(C)C5(C)C4(C)C3(C)C12C. The van der Waals surface area contributed by atoms with Gasteiger partial charge in [-0.2, -0.15) is 0 Å². The molecule has 132 valence electrons. The van der Waals surface area contributed by atoms with Gasteiger partial charge in [-0.1, -0.05) is 55.4 Å². The smallest absolute Gasteiger partial charge is 0.0167 e. The molecule has 7 aliphatic rings. The van der Waals surface area contributed by atoms with Gasteiger partial charge in [-0.3, -0.25) is 0 Å². The highest BCUT2D eigenvalue weighted by Gasteiger charge is 3.04. The van der Waals surface area contributed by atoms with Gasteiger partial charge in [0.15, 0.2) is 0 Å². The Kier molecular flexibility index (Phi) is 1.70. The van der Waals surface area contributed by atoms with Crippen LogP contribution in [0.25, 0.3) is 0 Å². The standard InChI is InChI=1S/C24H36/c1-11-10-19(3)14(11)16-18-17-15-13-9-12(2)20(13,4)22(15,6)24(17,8)23(18,7)21(16,19)5/h11-18H,9-10H2,1-8H3. The highest BCUT2D eigenvalue weighted by molar-refractivity contribution is 5.51. The molecule has 24 heavy (non-hydrogen) atoms. The Balaban J connectivity index is 1.38. The number of rotatable bonds is 0. The van der Waals surface area contributed by atoms with Crippen LogP contribution >= 0.6 is 0 Å². The predicted octanol–water partition coefficient (Wildman–Crippen LogP) is 5.87. The van der Waals surface area contributed by atoms with Crippen molar-refractivity contribution in [2.75, 3.05) is 0 Å². The maximum Gasteiger partial charge on any atom is -0.0167 e. The molecule has 0 amide bonds. The maximum absolute atomic E-state index is 2.78. The van der Waals surface area contributed by atoms with Crippen molar-refractivity contribution in [3.63, 3.8) is 0 Å². The average Bonchev–Trinajstić information content (AvgIpc) is 2.54. The van der Waals surface area contributed by atoms with E-state index in [4.69, 9.17) is 0 Å². The maximum atomic E-state index is 2.78. The van der Waals surface area contributed by atoms with Crippen LogP contribution in [0.1, 0.15) is 68.2 Å². The van der Waals surface area contributed by atoms with Crippen molar-refractivity contribution in [1.29, 1.82) is 0 Å². The minimum atomic E-state index is 0.646. The predicted molar refractivity (Wildman–Crippen MR) is 97.1 cm³/mol. The summed E-state index contributed by atoms with van der Waals surface area (Å²) in [6.45, 7) is 21.5. The van der Waals surface area contributed by atoms with Gasteiger partial charge in [0.25, 0.3) is 0 Å². The lowest BCUT2D eigenvalue weighted by atomic mass is 8.96. The van der Waals surface area contributed by atoms with Gasteiger partial charge in [0.05, 0.1) is 0 Å². The fraction of sp³-hybridized carbons (Fsp3) is 1.00. The summed E-state index contributed by atoms with van der Waals surface area (Å²) < 4.78 is 0. The summed E-state index contributed by atoms with van der Waals surface area (Å²) in [6, 6.07) is 0. The molecular formula is C24H36. The summed E-state index contributed by atoms with van der Waals surface area (Å²) in [6.07, 6.45) is 3.07. The molecule has 0 radical (unpaired) electrons. The van der Waals surface area contributed by atoms with Gasteiger partial charge in [0.1, 0.15) is 0 Å². The molecule has 0 heterocycles. The first-order chi connectivity index (χ1) is 11.0. The van der Waals surface area contributed by atoms with Crippen LogP contribution in [0.2, 0.25) is 0 Å². The lowest BCUT2D eigenvalue weighted by Crippen LogP contribution is -3.04. The molecule has 7 rings (SSSR count). The van der Waals surface area contributed by atoms with E-state index in [1.807, 2.05) is 0 Å². The second-order valence-corrected chi connectivity index (χ2v) is 13.1. The lowest BCUT2D eigenvalue weighted by Gasteiger charge is -3.08. The van der Waals surface area contributed by atoms with Gasteiger partial charge >= 0.3 is 0 Å². The van der Waals surface area contributed by atoms with E-state index in [9.17, 15) is 0 Å². The summed E-state index contributed by atoms with van der Waals surface area (Å²) in [4.78, 5) is 0. The van der Waals surface area contributed by atoms with Gasteiger partial charge in [0, 0.05) is 0 Å². The summed E-state index contributed by atoms with van der Waals surface area (Å²) >= 11 is 0. The minimum Gasteiger partial charge on any atom is -0.0622 e. The largest absolute Gasteiger partial charge is 0.0622 e. The zero-order chi connectivity index (χ0) is 17.0. The summed E-state index contributed by atoms with van der Waals surface area (Å²) in [5, 5.41) is 0. The van der Waals surface area contributed by atoms with E-state index in [0.29, 0.717) is 32.5 Å². The first kappa shape index (κ1) is 14.1. The first-order valence-electron chi connectivity index (χ1n) is 11.0. The van der Waals surface area contributed by atoms with Crippen molar-refractivity contribution in [3.8, 4) is 0 Å². The highest BCUT2D eigenvalue weighted by atomic mass is 15.1. The van der Waals surface area contributed by atoms with Gasteiger partial charge in [0.2, 0.25) is 0 Å². The van der Waals surface area contributed by atoms with Crippen LogP contribution in [0.15, 0.2) is 0 Å². The molecule has 0 saturated heterocycles. The molecule has 7 fully saturated rings. The van der Waals surface area contributed by atoms with Crippen LogP contribution in [0.5, 0.6) is 0 Å². The zero-order valence-corrected chi connectivity index (χ0v) is 17.0. The van der Waals surface area contributed by atoms with E-state index in [2.05, 4.69) is 55.4 Å². The van der Waals surface area contributed by atoms with E-state index in [-0.39, 0.29) is 0 Å². The first-order valence-corrected chi connectivity index (χ1v) is 11.0. The molecular weight excluding hydrogens is 288 g/mol. The van der Waals surface area contributed by atoms with Gasteiger partial charge in [-0.05, 0) is 92.7 Å². The van der Waals surface area contributed by atoms with Crippen molar-refractivity contribution in [2.24, 2.45) is 79.8 Å². The summed E-state index contributed by atoms with van der Waals surface area (Å²) in [7, 11) is 0. The normalized spacial score (nSPS) is 87.0. The Hall–Kier alpha value is 0. The van der Waals surface area contributed by atoms with Crippen molar-refractivity contribution < 1.29 is 0 Å². The van der Waals surface area contributed by atoms with Gasteiger partial charge < -0.3 is 0 Å². The van der Waals surface area contributed by atoms with Crippen LogP contribution in [0, 0.1) is 79.8 Å². The van der Waals surface area contributed by atoms with Crippen molar-refractivity contribution in [1.82, 2.24) is 0 Å². The fourth-order valence-electron chi connectivity index (χ4n) is 13.6. The van der Waals surface area contributed by atoms with E-state index < -0.39 is 0 Å². The Morgan fingerprint density at radius 3 is 1.75 bits per heavy atom. The topological polar surface area (TPSA) is 0 Å². The van der Waals surface area contributed by atoms with Crippen LogP contribution in [-0.4, -0.2) is 0 Å². The van der Waals surface area contributed by atoms with Gasteiger partial charge in [-0.25, -0.2) is 0 Å². The molecule has 7 aliphatic carbocycles. The second-order valence-electron chi connectivity index (χ2n) is 13.1. The van der Waals surface area contributed by atoms with Crippen molar-refractivity contribution >= 4 is 0 Å². The molecule has 0 aromatic rings. The van der Waals surface area contributed by atoms with Crippen LogP contribution in [-0.2, 0) is 0 Å². The van der Waals surface area contributed by atoms with Crippen LogP contribution in [0.3, 0.4) is 0 Å². The van der Waals surface area contributed by atoms with Gasteiger partial charge in [-0.15, -0.1) is 0 Å². The quantitative estimate of drug-likeness (QED) is 0.489. The molecule has 0 aromatic carbocycles. The Morgan fingerprint density at radius 1 is 0.625 bits per heavy atom. The molecule has 0 heteroatoms. The Labute approximate surface area is 148 Å². The average molecular weight is 325 g/mol. The molecule has 0 aromatic heterocycles. The van der Waals surface area contributed by atoms with Crippen LogP contribution in [0.4, 0.5) is 0 Å². The molecule has 0 N–H and O–H groups in total. The Bertz CT molecular complexity index is 738. The zero-order valence-electron chi connectivity index (χ0n) is 17.0. The Morgan fingerprint density at radius 2 is 1.17 bits per heavy atom. The molecule has 14 atom stereocenters. The highest BCUT2D eigenvalue weighted by Crippen LogP contribution is 3.08. The summed E-state index contributed by atoms with van der Waals surface area (Å²) in [5.41, 5.74) is 3.98. The molecule has 0 aliphatic heterocycles. The monoisotopic (exact) mass is 324 g/mol. The number of hydrogen-bond donors (Lipinski definition) is 0. The third-order valence-corrected chi connectivity index (χ3v) is 14.7. The second kappa shape index (κ2) is 2.90. The van der Waals surface area contributed by atoms with E-state index >= 15 is 0 Å². The third-order valence-electron chi connectivity index (χ3n) is 14.7. The summed E-state index contributed by atoms with van der Waals surface area (Å²) in [5.74, 6) is 8.59. The molecule has 0 spiro atoms. The molecule has 0 bridgehead atoms. The van der Waals surface area contributed by atoms with Crippen LogP contribution < -0.4 is 0 Å². The number of fused-ring (bicyclic) bond motifs is 16. The third kappa shape index (κ3) is 0.674. The fourth-order valence-corrected chi connectivity index (χ4v) is 13.6.